The van der Waals surface area contributed by atoms with Crippen molar-refractivity contribution in [1.29, 1.82) is 0 Å². The number of nitrogens with one attached hydrogen (secondary N) is 1. The van der Waals surface area contributed by atoms with Gasteiger partial charge >= 0.3 is 0 Å². The summed E-state index contributed by atoms with van der Waals surface area (Å²) in [5.74, 6) is 2.20. The number of carbonyl (C=O) groups is 1. The van der Waals surface area contributed by atoms with Crippen LogP contribution in [0.2, 0.25) is 0 Å². The molecule has 82 valence electrons. The molecule has 5 atom stereocenters. The normalized spacial score (nSPS) is 55.3. The second-order valence-electron chi connectivity index (χ2n) is 6.02. The van der Waals surface area contributed by atoms with Crippen molar-refractivity contribution in [2.24, 2.45) is 28.9 Å². The van der Waals surface area contributed by atoms with Crippen LogP contribution in [0.1, 0.15) is 32.1 Å². The minimum Gasteiger partial charge on any atom is -0.353 e. The maximum atomic E-state index is 11.7. The van der Waals surface area contributed by atoms with Gasteiger partial charge in [-0.05, 0) is 49.4 Å². The van der Waals surface area contributed by atoms with E-state index in [1.54, 1.807) is 0 Å². The Morgan fingerprint density at radius 3 is 2.73 bits per heavy atom. The van der Waals surface area contributed by atoms with Gasteiger partial charge in [0.1, 0.15) is 0 Å². The Kier molecular flexibility index (Phi) is 1.37. The molecule has 0 aromatic rings. The Morgan fingerprint density at radius 2 is 2.00 bits per heavy atom. The topological polar surface area (TPSA) is 55.1 Å². The molecule has 4 fully saturated rings. The van der Waals surface area contributed by atoms with Crippen LogP contribution in [0.3, 0.4) is 0 Å². The lowest BCUT2D eigenvalue weighted by Gasteiger charge is -2.22. The maximum Gasteiger partial charge on any atom is 0.223 e. The first-order valence-corrected chi connectivity index (χ1v) is 6.29. The monoisotopic (exact) mass is 206 g/mol. The van der Waals surface area contributed by atoms with E-state index < -0.39 is 0 Å². The van der Waals surface area contributed by atoms with E-state index in [1.807, 2.05) is 0 Å². The Hall–Kier alpha value is -0.570. The molecule has 0 bridgehead atoms. The number of rotatable bonds is 2. The van der Waals surface area contributed by atoms with Gasteiger partial charge in [-0.3, -0.25) is 4.79 Å². The molecule has 15 heavy (non-hydrogen) atoms. The standard InChI is InChI=1S/C12H18N2O/c13-10-7-3-4-9(8-5-12(7,8)10)14-11(15)6-1-2-6/h6-10H,1-5,13H2,(H,14,15). The van der Waals surface area contributed by atoms with E-state index in [-0.39, 0.29) is 0 Å². The summed E-state index contributed by atoms with van der Waals surface area (Å²) >= 11 is 0. The zero-order valence-corrected chi connectivity index (χ0v) is 8.91. The van der Waals surface area contributed by atoms with Gasteiger partial charge < -0.3 is 11.1 Å². The van der Waals surface area contributed by atoms with Crippen LogP contribution in [0.15, 0.2) is 0 Å². The van der Waals surface area contributed by atoms with Crippen molar-refractivity contribution in [2.45, 2.75) is 44.2 Å². The van der Waals surface area contributed by atoms with Crippen LogP contribution in [0.25, 0.3) is 0 Å². The highest BCUT2D eigenvalue weighted by Gasteiger charge is 2.79. The van der Waals surface area contributed by atoms with Crippen molar-refractivity contribution in [1.82, 2.24) is 5.32 Å². The van der Waals surface area contributed by atoms with Crippen LogP contribution in [0.4, 0.5) is 0 Å². The molecule has 0 heterocycles. The first-order chi connectivity index (χ1) is 7.23. The fourth-order valence-corrected chi connectivity index (χ4v) is 4.05. The smallest absolute Gasteiger partial charge is 0.223 e. The summed E-state index contributed by atoms with van der Waals surface area (Å²) in [6, 6.07) is 0.924. The summed E-state index contributed by atoms with van der Waals surface area (Å²) in [7, 11) is 0. The highest BCUT2D eigenvalue weighted by molar-refractivity contribution is 5.81. The van der Waals surface area contributed by atoms with Crippen molar-refractivity contribution >= 4 is 5.91 Å². The lowest BCUT2D eigenvalue weighted by Crippen LogP contribution is -2.39. The van der Waals surface area contributed by atoms with Gasteiger partial charge in [0.05, 0.1) is 0 Å². The molecule has 5 unspecified atom stereocenters. The molecule has 3 N–H and O–H groups in total. The van der Waals surface area contributed by atoms with Crippen LogP contribution >= 0.6 is 0 Å². The van der Waals surface area contributed by atoms with Gasteiger partial charge in [0, 0.05) is 18.0 Å². The number of nitrogens with two attached hydrogens (primary N) is 1. The predicted octanol–water partition coefficient (Wildman–Crippen LogP) is 0.638. The van der Waals surface area contributed by atoms with Crippen LogP contribution < -0.4 is 11.1 Å². The molecule has 4 rings (SSSR count). The zero-order valence-electron chi connectivity index (χ0n) is 8.91. The van der Waals surface area contributed by atoms with Gasteiger partial charge in [0.15, 0.2) is 0 Å². The molecule has 3 nitrogen and oxygen atoms in total. The van der Waals surface area contributed by atoms with E-state index >= 15 is 0 Å². The fourth-order valence-electron chi connectivity index (χ4n) is 4.05. The molecule has 4 aliphatic carbocycles. The van der Waals surface area contributed by atoms with Gasteiger partial charge in [0.25, 0.3) is 0 Å². The minimum absolute atomic E-state index is 0.315. The Balaban J connectivity index is 1.44. The lowest BCUT2D eigenvalue weighted by atomic mass is 9.95. The third-order valence-corrected chi connectivity index (χ3v) is 5.29. The first kappa shape index (κ1) is 8.57. The van der Waals surface area contributed by atoms with Crippen LogP contribution in [-0.2, 0) is 4.79 Å². The quantitative estimate of drug-likeness (QED) is 0.696. The summed E-state index contributed by atoms with van der Waals surface area (Å²) in [5.41, 5.74) is 6.60. The lowest BCUT2D eigenvalue weighted by molar-refractivity contribution is -0.123. The Labute approximate surface area is 89.8 Å². The van der Waals surface area contributed by atoms with Crippen LogP contribution in [0, 0.1) is 23.2 Å². The maximum absolute atomic E-state index is 11.7. The molecule has 1 spiro atoms. The fraction of sp³-hybridized carbons (Fsp3) is 0.917. The summed E-state index contributed by atoms with van der Waals surface area (Å²) < 4.78 is 0. The SMILES string of the molecule is NC1C2CCC(NC(=O)C3CC3)C3CC132. The average molecular weight is 206 g/mol. The summed E-state index contributed by atoms with van der Waals surface area (Å²) in [5, 5.41) is 3.25. The average Bonchev–Trinajstić information content (AvgIpc) is 3.03. The number of amides is 1. The molecule has 0 radical (unpaired) electrons. The van der Waals surface area contributed by atoms with Crippen molar-refractivity contribution in [3.8, 4) is 0 Å². The summed E-state index contributed by atoms with van der Waals surface area (Å²) in [4.78, 5) is 11.7. The van der Waals surface area contributed by atoms with Gasteiger partial charge in [-0.2, -0.15) is 0 Å². The molecular weight excluding hydrogens is 188 g/mol. The minimum atomic E-state index is 0.315. The predicted molar refractivity (Wildman–Crippen MR) is 55.9 cm³/mol. The van der Waals surface area contributed by atoms with Crippen molar-refractivity contribution in [2.75, 3.05) is 0 Å². The first-order valence-electron chi connectivity index (χ1n) is 6.29. The van der Waals surface area contributed by atoms with Gasteiger partial charge in [0.2, 0.25) is 5.91 Å². The third-order valence-electron chi connectivity index (χ3n) is 5.29. The molecule has 1 amide bonds. The molecule has 0 aromatic heterocycles. The molecule has 4 aliphatic rings. The van der Waals surface area contributed by atoms with Gasteiger partial charge in [-0.1, -0.05) is 0 Å². The third kappa shape index (κ3) is 0.975. The highest BCUT2D eigenvalue weighted by Crippen LogP contribution is 2.78. The number of hydrogen-bond donors (Lipinski definition) is 2. The molecule has 3 heteroatoms. The Bertz CT molecular complexity index is 339. The van der Waals surface area contributed by atoms with Gasteiger partial charge in [-0.25, -0.2) is 0 Å². The van der Waals surface area contributed by atoms with E-state index in [2.05, 4.69) is 5.32 Å². The Morgan fingerprint density at radius 1 is 1.20 bits per heavy atom. The van der Waals surface area contributed by atoms with E-state index in [9.17, 15) is 4.79 Å². The summed E-state index contributed by atoms with van der Waals surface area (Å²) in [6.07, 6.45) is 5.91. The largest absolute Gasteiger partial charge is 0.353 e. The zero-order chi connectivity index (χ0) is 10.2. The van der Waals surface area contributed by atoms with Crippen molar-refractivity contribution in [3.05, 3.63) is 0 Å². The van der Waals surface area contributed by atoms with E-state index in [0.29, 0.717) is 29.3 Å². The second-order valence-corrected chi connectivity index (χ2v) is 6.02. The van der Waals surface area contributed by atoms with E-state index in [0.717, 1.165) is 24.7 Å². The van der Waals surface area contributed by atoms with E-state index in [4.69, 9.17) is 5.73 Å². The van der Waals surface area contributed by atoms with Gasteiger partial charge in [-0.15, -0.1) is 0 Å². The number of hydrogen-bond acceptors (Lipinski definition) is 2. The van der Waals surface area contributed by atoms with Crippen molar-refractivity contribution in [3.63, 3.8) is 0 Å². The summed E-state index contributed by atoms with van der Waals surface area (Å²) in [6.45, 7) is 0. The van der Waals surface area contributed by atoms with Crippen LogP contribution in [-0.4, -0.2) is 18.0 Å². The molecular formula is C12H18N2O. The highest BCUT2D eigenvalue weighted by atomic mass is 16.2. The molecule has 0 saturated heterocycles. The van der Waals surface area contributed by atoms with Crippen molar-refractivity contribution < 1.29 is 4.79 Å². The number of carbonyl (C=O) groups excluding carboxylic acids is 1. The molecule has 4 saturated carbocycles. The van der Waals surface area contributed by atoms with E-state index in [1.165, 1.54) is 19.3 Å². The second kappa shape index (κ2) is 2.40. The molecule has 0 aromatic carbocycles. The molecule has 0 aliphatic heterocycles. The van der Waals surface area contributed by atoms with Crippen LogP contribution in [0.5, 0.6) is 0 Å².